The van der Waals surface area contributed by atoms with Crippen LogP contribution < -0.4 is 10.2 Å². The van der Waals surface area contributed by atoms with Crippen molar-refractivity contribution in [3.8, 4) is 0 Å². The standard InChI is InChI=1S/C15H22N2/c1-3-16-10-4-6-13-8-9-15-14(12-13)7-5-11-17(15)2/h4,6,8-9,12,16H,3,5,7,10-11H2,1-2H3. The number of anilines is 1. The van der Waals surface area contributed by atoms with E-state index in [-0.39, 0.29) is 0 Å². The second kappa shape index (κ2) is 5.87. The summed E-state index contributed by atoms with van der Waals surface area (Å²) in [6, 6.07) is 6.79. The first-order chi connectivity index (χ1) is 8.31. The summed E-state index contributed by atoms with van der Waals surface area (Å²) in [5, 5.41) is 3.29. The highest BCUT2D eigenvalue weighted by Gasteiger charge is 2.12. The summed E-state index contributed by atoms with van der Waals surface area (Å²) in [5.41, 5.74) is 4.21. The summed E-state index contributed by atoms with van der Waals surface area (Å²) in [6.07, 6.45) is 6.89. The van der Waals surface area contributed by atoms with Crippen molar-refractivity contribution in [3.05, 3.63) is 35.4 Å². The van der Waals surface area contributed by atoms with Gasteiger partial charge in [0.25, 0.3) is 0 Å². The van der Waals surface area contributed by atoms with Crippen LogP contribution in [0.4, 0.5) is 5.69 Å². The molecule has 2 heteroatoms. The topological polar surface area (TPSA) is 15.3 Å². The summed E-state index contributed by atoms with van der Waals surface area (Å²) in [5.74, 6) is 0. The van der Waals surface area contributed by atoms with Crippen LogP contribution in [-0.4, -0.2) is 26.7 Å². The Labute approximate surface area is 104 Å². The molecular formula is C15H22N2. The minimum Gasteiger partial charge on any atom is -0.374 e. The van der Waals surface area contributed by atoms with Gasteiger partial charge in [0, 0.05) is 25.8 Å². The Kier molecular flexibility index (Phi) is 4.21. The maximum atomic E-state index is 3.29. The molecule has 92 valence electrons. The highest BCUT2D eigenvalue weighted by atomic mass is 15.1. The number of hydrogen-bond acceptors (Lipinski definition) is 2. The second-order valence-corrected chi connectivity index (χ2v) is 4.62. The van der Waals surface area contributed by atoms with Gasteiger partial charge in [0.05, 0.1) is 0 Å². The van der Waals surface area contributed by atoms with E-state index in [0.29, 0.717) is 0 Å². The van der Waals surface area contributed by atoms with Gasteiger partial charge in [-0.25, -0.2) is 0 Å². The first-order valence-corrected chi connectivity index (χ1v) is 6.52. The quantitative estimate of drug-likeness (QED) is 0.800. The molecule has 1 N–H and O–H groups in total. The van der Waals surface area contributed by atoms with E-state index < -0.39 is 0 Å². The maximum Gasteiger partial charge on any atom is 0.0396 e. The molecule has 0 atom stereocenters. The molecule has 0 spiro atoms. The van der Waals surface area contributed by atoms with Crippen molar-refractivity contribution >= 4 is 11.8 Å². The Balaban J connectivity index is 2.08. The van der Waals surface area contributed by atoms with Crippen molar-refractivity contribution in [3.63, 3.8) is 0 Å². The van der Waals surface area contributed by atoms with E-state index in [2.05, 4.69) is 54.5 Å². The zero-order chi connectivity index (χ0) is 12.1. The van der Waals surface area contributed by atoms with Crippen LogP contribution >= 0.6 is 0 Å². The lowest BCUT2D eigenvalue weighted by Gasteiger charge is -2.27. The zero-order valence-corrected chi connectivity index (χ0v) is 10.9. The van der Waals surface area contributed by atoms with Crippen molar-refractivity contribution in [2.45, 2.75) is 19.8 Å². The van der Waals surface area contributed by atoms with E-state index in [1.807, 2.05) is 0 Å². The first-order valence-electron chi connectivity index (χ1n) is 6.52. The van der Waals surface area contributed by atoms with Crippen molar-refractivity contribution in [1.29, 1.82) is 0 Å². The van der Waals surface area contributed by atoms with Gasteiger partial charge in [0.1, 0.15) is 0 Å². The van der Waals surface area contributed by atoms with Crippen molar-refractivity contribution in [1.82, 2.24) is 5.32 Å². The minimum absolute atomic E-state index is 0.952. The third-order valence-corrected chi connectivity index (χ3v) is 3.28. The average molecular weight is 230 g/mol. The largest absolute Gasteiger partial charge is 0.374 e. The Bertz CT molecular complexity index is 396. The van der Waals surface area contributed by atoms with Gasteiger partial charge in [0.2, 0.25) is 0 Å². The van der Waals surface area contributed by atoms with E-state index in [4.69, 9.17) is 0 Å². The van der Waals surface area contributed by atoms with Crippen molar-refractivity contribution in [2.24, 2.45) is 0 Å². The van der Waals surface area contributed by atoms with Gasteiger partial charge in [-0.1, -0.05) is 25.1 Å². The SMILES string of the molecule is CCNCC=Cc1ccc2c(c1)CCCN2C. The lowest BCUT2D eigenvalue weighted by Crippen LogP contribution is -2.24. The van der Waals surface area contributed by atoms with Crippen LogP contribution in [-0.2, 0) is 6.42 Å². The highest BCUT2D eigenvalue weighted by Crippen LogP contribution is 2.27. The summed E-state index contributed by atoms with van der Waals surface area (Å²) < 4.78 is 0. The summed E-state index contributed by atoms with van der Waals surface area (Å²) in [7, 11) is 2.18. The van der Waals surface area contributed by atoms with Crippen LogP contribution in [0, 0.1) is 0 Å². The number of rotatable bonds is 4. The Hall–Kier alpha value is -1.28. The predicted octanol–water partition coefficient (Wildman–Crippen LogP) is 2.69. The average Bonchev–Trinajstić information content (AvgIpc) is 2.35. The normalized spacial score (nSPS) is 15.3. The number of likely N-dealkylation sites (N-methyl/N-ethyl adjacent to an activating group) is 1. The van der Waals surface area contributed by atoms with Crippen molar-refractivity contribution in [2.75, 3.05) is 31.6 Å². The van der Waals surface area contributed by atoms with Crippen LogP contribution in [0.25, 0.3) is 6.08 Å². The number of benzene rings is 1. The number of hydrogen-bond donors (Lipinski definition) is 1. The lowest BCUT2D eigenvalue weighted by molar-refractivity contribution is 0.744. The minimum atomic E-state index is 0.952. The predicted molar refractivity (Wildman–Crippen MR) is 75.6 cm³/mol. The smallest absolute Gasteiger partial charge is 0.0396 e. The van der Waals surface area contributed by atoms with Crippen LogP contribution in [0.3, 0.4) is 0 Å². The van der Waals surface area contributed by atoms with Gasteiger partial charge >= 0.3 is 0 Å². The van der Waals surface area contributed by atoms with E-state index >= 15 is 0 Å². The molecule has 0 fully saturated rings. The molecule has 2 nitrogen and oxygen atoms in total. The molecule has 1 aliphatic heterocycles. The highest BCUT2D eigenvalue weighted by molar-refractivity contribution is 5.61. The fourth-order valence-corrected chi connectivity index (χ4v) is 2.33. The molecular weight excluding hydrogens is 208 g/mol. The molecule has 1 heterocycles. The molecule has 1 aliphatic rings. The molecule has 0 unspecified atom stereocenters. The Morgan fingerprint density at radius 2 is 2.29 bits per heavy atom. The van der Waals surface area contributed by atoms with Gasteiger partial charge in [-0.3, -0.25) is 0 Å². The molecule has 0 radical (unpaired) electrons. The molecule has 0 amide bonds. The molecule has 17 heavy (non-hydrogen) atoms. The van der Waals surface area contributed by atoms with Gasteiger partial charge in [-0.2, -0.15) is 0 Å². The number of fused-ring (bicyclic) bond motifs is 1. The number of nitrogens with one attached hydrogen (secondary N) is 1. The molecule has 2 rings (SSSR count). The van der Waals surface area contributed by atoms with Gasteiger partial charge < -0.3 is 10.2 Å². The van der Waals surface area contributed by atoms with Crippen LogP contribution in [0.1, 0.15) is 24.5 Å². The summed E-state index contributed by atoms with van der Waals surface area (Å²) in [4.78, 5) is 2.35. The number of aryl methyl sites for hydroxylation is 1. The number of nitrogens with zero attached hydrogens (tertiary/aromatic N) is 1. The second-order valence-electron chi connectivity index (χ2n) is 4.62. The third-order valence-electron chi connectivity index (χ3n) is 3.28. The molecule has 0 saturated carbocycles. The molecule has 1 aromatic carbocycles. The maximum absolute atomic E-state index is 3.29. The molecule has 0 aromatic heterocycles. The zero-order valence-electron chi connectivity index (χ0n) is 10.9. The Morgan fingerprint density at radius 3 is 3.12 bits per heavy atom. The molecule has 0 bridgehead atoms. The van der Waals surface area contributed by atoms with Crippen LogP contribution in [0.15, 0.2) is 24.3 Å². The third kappa shape index (κ3) is 3.10. The van der Waals surface area contributed by atoms with E-state index in [1.54, 1.807) is 0 Å². The van der Waals surface area contributed by atoms with Gasteiger partial charge in [0.15, 0.2) is 0 Å². The first kappa shape index (κ1) is 12.2. The summed E-state index contributed by atoms with van der Waals surface area (Å²) in [6.45, 7) is 5.29. The van der Waals surface area contributed by atoms with Gasteiger partial charge in [-0.15, -0.1) is 0 Å². The fraction of sp³-hybridized carbons (Fsp3) is 0.467. The summed E-state index contributed by atoms with van der Waals surface area (Å²) >= 11 is 0. The monoisotopic (exact) mass is 230 g/mol. The molecule has 0 aliphatic carbocycles. The van der Waals surface area contributed by atoms with E-state index in [1.165, 1.54) is 36.2 Å². The molecule has 0 saturated heterocycles. The van der Waals surface area contributed by atoms with E-state index in [9.17, 15) is 0 Å². The Morgan fingerprint density at radius 1 is 1.41 bits per heavy atom. The van der Waals surface area contributed by atoms with E-state index in [0.717, 1.165) is 13.1 Å². The van der Waals surface area contributed by atoms with Crippen LogP contribution in [0.2, 0.25) is 0 Å². The van der Waals surface area contributed by atoms with Crippen LogP contribution in [0.5, 0.6) is 0 Å². The molecule has 1 aromatic rings. The van der Waals surface area contributed by atoms with Crippen molar-refractivity contribution < 1.29 is 0 Å². The van der Waals surface area contributed by atoms with Gasteiger partial charge in [-0.05, 0) is 42.6 Å². The lowest BCUT2D eigenvalue weighted by atomic mass is 9.99. The fourth-order valence-electron chi connectivity index (χ4n) is 2.33.